The van der Waals surface area contributed by atoms with Gasteiger partial charge in [-0.05, 0) is 29.8 Å². The number of carbonyl (C=O) groups excluding carboxylic acids is 1. The summed E-state index contributed by atoms with van der Waals surface area (Å²) in [4.78, 5) is 12.2. The van der Waals surface area contributed by atoms with Crippen molar-refractivity contribution >= 4 is 27.4 Å². The van der Waals surface area contributed by atoms with Crippen molar-refractivity contribution in [1.82, 2.24) is 0 Å². The zero-order valence-corrected chi connectivity index (χ0v) is 11.7. The summed E-state index contributed by atoms with van der Waals surface area (Å²) in [6, 6.07) is 14.1. The Hall–Kier alpha value is -2.38. The average Bonchev–Trinajstić information content (AvgIpc) is 2.41. The molecule has 110 valence electrons. The van der Waals surface area contributed by atoms with E-state index in [4.69, 9.17) is 5.73 Å². The fourth-order valence-electron chi connectivity index (χ4n) is 1.86. The number of rotatable bonds is 4. The third-order valence-electron chi connectivity index (χ3n) is 2.82. The molecular weight excluding hydrogens is 292 g/mol. The highest BCUT2D eigenvalue weighted by Crippen LogP contribution is 2.24. The Balaban J connectivity index is 2.33. The van der Waals surface area contributed by atoms with Crippen LogP contribution in [0.4, 0.5) is 11.4 Å². The molecule has 2 rings (SSSR count). The van der Waals surface area contributed by atoms with Gasteiger partial charge in [0.25, 0.3) is 10.1 Å². The lowest BCUT2D eigenvalue weighted by Crippen LogP contribution is -2.27. The third kappa shape index (κ3) is 3.80. The molecule has 0 fully saturated rings. The standard InChI is InChI=1S/C14H14N2O4S/c15-11-8-6-10(7-9-11)13(21(18,19)20)14(17)16-12-4-2-1-3-5-12/h1-9,13H,15H2,(H,16,17)(H,18,19,20). The zero-order chi connectivity index (χ0) is 15.5. The minimum atomic E-state index is -4.60. The van der Waals surface area contributed by atoms with Crippen LogP contribution in [0.1, 0.15) is 10.8 Å². The van der Waals surface area contributed by atoms with Crippen molar-refractivity contribution in [3.63, 3.8) is 0 Å². The van der Waals surface area contributed by atoms with Crippen molar-refractivity contribution in [2.45, 2.75) is 5.25 Å². The highest BCUT2D eigenvalue weighted by Gasteiger charge is 2.32. The van der Waals surface area contributed by atoms with Crippen molar-refractivity contribution < 1.29 is 17.8 Å². The topological polar surface area (TPSA) is 109 Å². The van der Waals surface area contributed by atoms with Gasteiger partial charge in [-0.3, -0.25) is 9.35 Å². The number of nitrogens with one attached hydrogen (secondary N) is 1. The molecule has 0 aliphatic carbocycles. The van der Waals surface area contributed by atoms with Gasteiger partial charge in [-0.15, -0.1) is 0 Å². The first-order valence-corrected chi connectivity index (χ1v) is 7.56. The van der Waals surface area contributed by atoms with Crippen LogP contribution in [-0.2, 0) is 14.9 Å². The Kier molecular flexibility index (Phi) is 4.25. The fourth-order valence-corrected chi connectivity index (χ4v) is 2.69. The van der Waals surface area contributed by atoms with Gasteiger partial charge in [0.05, 0.1) is 0 Å². The first kappa shape index (κ1) is 15.0. The number of anilines is 2. The number of nitrogen functional groups attached to an aromatic ring is 1. The molecule has 0 aliphatic heterocycles. The van der Waals surface area contributed by atoms with Gasteiger partial charge in [0.15, 0.2) is 5.25 Å². The summed E-state index contributed by atoms with van der Waals surface area (Å²) < 4.78 is 32.4. The first-order valence-electron chi connectivity index (χ1n) is 6.05. The molecule has 7 heteroatoms. The highest BCUT2D eigenvalue weighted by molar-refractivity contribution is 7.86. The lowest BCUT2D eigenvalue weighted by Gasteiger charge is -2.14. The van der Waals surface area contributed by atoms with E-state index in [0.29, 0.717) is 11.4 Å². The van der Waals surface area contributed by atoms with E-state index in [0.717, 1.165) is 0 Å². The lowest BCUT2D eigenvalue weighted by atomic mass is 10.1. The van der Waals surface area contributed by atoms with E-state index >= 15 is 0 Å². The fraction of sp³-hybridized carbons (Fsp3) is 0.0714. The third-order valence-corrected chi connectivity index (χ3v) is 3.90. The Labute approximate surface area is 122 Å². The molecule has 2 aromatic carbocycles. The van der Waals surface area contributed by atoms with Crippen LogP contribution in [0.2, 0.25) is 0 Å². The summed E-state index contributed by atoms with van der Waals surface area (Å²) in [5, 5.41) is 0.742. The number of nitrogens with two attached hydrogens (primary N) is 1. The molecular formula is C14H14N2O4S. The lowest BCUT2D eigenvalue weighted by molar-refractivity contribution is -0.116. The van der Waals surface area contributed by atoms with Crippen molar-refractivity contribution in [2.24, 2.45) is 0 Å². The van der Waals surface area contributed by atoms with Gasteiger partial charge in [0.1, 0.15) is 0 Å². The minimum Gasteiger partial charge on any atom is -0.399 e. The molecule has 0 spiro atoms. The second-order valence-corrected chi connectivity index (χ2v) is 5.92. The summed E-state index contributed by atoms with van der Waals surface area (Å²) in [5.74, 6) is -0.839. The van der Waals surface area contributed by atoms with Crippen LogP contribution in [0.25, 0.3) is 0 Å². The van der Waals surface area contributed by atoms with Crippen LogP contribution in [0.15, 0.2) is 54.6 Å². The summed E-state index contributed by atoms with van der Waals surface area (Å²) in [6.45, 7) is 0. The Morgan fingerprint density at radius 3 is 2.14 bits per heavy atom. The maximum absolute atomic E-state index is 12.2. The van der Waals surface area contributed by atoms with Crippen molar-refractivity contribution in [3.05, 3.63) is 60.2 Å². The van der Waals surface area contributed by atoms with Gasteiger partial charge in [-0.1, -0.05) is 30.3 Å². The number of carbonyl (C=O) groups is 1. The van der Waals surface area contributed by atoms with Gasteiger partial charge in [0, 0.05) is 11.4 Å². The SMILES string of the molecule is Nc1ccc(C(C(=O)Nc2ccccc2)S(=O)(=O)O)cc1. The molecule has 0 bridgehead atoms. The molecule has 4 N–H and O–H groups in total. The van der Waals surface area contributed by atoms with Crippen LogP contribution in [0.5, 0.6) is 0 Å². The molecule has 0 heterocycles. The van der Waals surface area contributed by atoms with E-state index in [1.807, 2.05) is 0 Å². The molecule has 1 amide bonds. The first-order chi connectivity index (χ1) is 9.88. The number of para-hydroxylation sites is 1. The molecule has 0 aromatic heterocycles. The molecule has 21 heavy (non-hydrogen) atoms. The quantitative estimate of drug-likeness (QED) is 0.590. The van der Waals surface area contributed by atoms with E-state index in [1.165, 1.54) is 24.3 Å². The molecule has 1 atom stereocenters. The van der Waals surface area contributed by atoms with Crippen molar-refractivity contribution in [2.75, 3.05) is 11.1 Å². The Morgan fingerprint density at radius 2 is 1.62 bits per heavy atom. The van der Waals surface area contributed by atoms with Gasteiger partial charge in [-0.2, -0.15) is 8.42 Å². The second kappa shape index (κ2) is 5.94. The summed E-state index contributed by atoms with van der Waals surface area (Å²) in [7, 11) is -4.60. The van der Waals surface area contributed by atoms with E-state index < -0.39 is 21.3 Å². The maximum Gasteiger partial charge on any atom is 0.281 e. The average molecular weight is 306 g/mol. The van der Waals surface area contributed by atoms with Crippen LogP contribution in [0.3, 0.4) is 0 Å². The van der Waals surface area contributed by atoms with Crippen LogP contribution in [-0.4, -0.2) is 18.9 Å². The smallest absolute Gasteiger partial charge is 0.281 e. The number of benzene rings is 2. The minimum absolute atomic E-state index is 0.139. The van der Waals surface area contributed by atoms with E-state index in [9.17, 15) is 17.8 Å². The number of amides is 1. The molecule has 1 unspecified atom stereocenters. The van der Waals surface area contributed by atoms with Gasteiger partial charge >= 0.3 is 0 Å². The molecule has 0 radical (unpaired) electrons. The number of hydrogen-bond donors (Lipinski definition) is 3. The Bertz CT molecular complexity index is 727. The normalized spacial score (nSPS) is 12.6. The van der Waals surface area contributed by atoms with Crippen molar-refractivity contribution in [1.29, 1.82) is 0 Å². The summed E-state index contributed by atoms with van der Waals surface area (Å²) in [5.41, 5.74) is 6.53. The van der Waals surface area contributed by atoms with Crippen LogP contribution in [0, 0.1) is 0 Å². The molecule has 2 aromatic rings. The molecule has 0 saturated carbocycles. The van der Waals surface area contributed by atoms with Crippen LogP contribution >= 0.6 is 0 Å². The molecule has 6 nitrogen and oxygen atoms in total. The number of hydrogen-bond acceptors (Lipinski definition) is 4. The zero-order valence-electron chi connectivity index (χ0n) is 10.9. The van der Waals surface area contributed by atoms with Gasteiger partial charge in [0.2, 0.25) is 5.91 Å². The highest BCUT2D eigenvalue weighted by atomic mass is 32.2. The van der Waals surface area contributed by atoms with E-state index in [2.05, 4.69) is 5.32 Å². The second-order valence-electron chi connectivity index (χ2n) is 4.42. The summed E-state index contributed by atoms with van der Waals surface area (Å²) in [6.07, 6.45) is 0. The van der Waals surface area contributed by atoms with E-state index in [1.54, 1.807) is 30.3 Å². The summed E-state index contributed by atoms with van der Waals surface area (Å²) >= 11 is 0. The molecule has 0 aliphatic rings. The predicted octanol–water partition coefficient (Wildman–Crippen LogP) is 1.84. The predicted molar refractivity (Wildman–Crippen MR) is 80.2 cm³/mol. The monoisotopic (exact) mass is 306 g/mol. The molecule has 0 saturated heterocycles. The van der Waals surface area contributed by atoms with Gasteiger partial charge in [-0.25, -0.2) is 0 Å². The van der Waals surface area contributed by atoms with E-state index in [-0.39, 0.29) is 5.56 Å². The van der Waals surface area contributed by atoms with Crippen molar-refractivity contribution in [3.8, 4) is 0 Å². The maximum atomic E-state index is 12.2. The largest absolute Gasteiger partial charge is 0.399 e. The Morgan fingerprint density at radius 1 is 1.05 bits per heavy atom. The van der Waals surface area contributed by atoms with Gasteiger partial charge < -0.3 is 11.1 Å². The van der Waals surface area contributed by atoms with Crippen LogP contribution < -0.4 is 11.1 Å².